The van der Waals surface area contributed by atoms with Gasteiger partial charge in [0.1, 0.15) is 5.75 Å². The predicted octanol–water partition coefficient (Wildman–Crippen LogP) is 6.71. The summed E-state index contributed by atoms with van der Waals surface area (Å²) in [4.78, 5) is 25.4. The molecule has 5 nitrogen and oxygen atoms in total. The highest BCUT2D eigenvalue weighted by molar-refractivity contribution is 7.22. The molecule has 5 rings (SSSR count). The summed E-state index contributed by atoms with van der Waals surface area (Å²) in [5, 5.41) is 2.50. The molecule has 0 unspecified atom stereocenters. The lowest BCUT2D eigenvalue weighted by Crippen LogP contribution is -2.31. The number of carbonyl (C=O) groups is 1. The van der Waals surface area contributed by atoms with Crippen LogP contribution in [0.3, 0.4) is 0 Å². The fraction of sp³-hybridized carbons (Fsp3) is 0.179. The van der Waals surface area contributed by atoms with Gasteiger partial charge in [0.2, 0.25) is 0 Å². The number of hydrogen-bond donors (Lipinski definition) is 0. The molecule has 0 saturated heterocycles. The molecule has 0 aliphatic heterocycles. The lowest BCUT2D eigenvalue weighted by atomic mass is 10.0. The summed E-state index contributed by atoms with van der Waals surface area (Å²) in [5.41, 5.74) is 4.55. The number of aryl methyl sites for hydroxylation is 2. The molecule has 0 bridgehead atoms. The lowest BCUT2D eigenvalue weighted by molar-refractivity contribution is 0.0983. The van der Waals surface area contributed by atoms with Gasteiger partial charge in [-0.15, -0.1) is 0 Å². The summed E-state index contributed by atoms with van der Waals surface area (Å²) in [7, 11) is 0. The smallest absolute Gasteiger partial charge is 0.264 e. The molecule has 0 N–H and O–H groups in total. The number of amides is 1. The number of hydrogen-bond acceptors (Lipinski definition) is 5. The minimum atomic E-state index is -0.153. The van der Waals surface area contributed by atoms with E-state index in [1.54, 1.807) is 11.1 Å². The molecule has 3 aromatic carbocycles. The molecule has 6 heteroatoms. The third-order valence-electron chi connectivity index (χ3n) is 5.74. The zero-order valence-electron chi connectivity index (χ0n) is 19.4. The monoisotopic (exact) mass is 467 g/mol. The number of aromatic nitrogens is 2. The first-order valence-electron chi connectivity index (χ1n) is 11.3. The largest absolute Gasteiger partial charge is 0.493 e. The van der Waals surface area contributed by atoms with Crippen molar-refractivity contribution in [3.05, 3.63) is 95.3 Å². The number of pyridine rings is 1. The molecule has 5 aromatic rings. The topological polar surface area (TPSA) is 55.3 Å². The maximum Gasteiger partial charge on any atom is 0.264 e. The number of benzene rings is 3. The number of thiazole rings is 1. The summed E-state index contributed by atoms with van der Waals surface area (Å²) in [6, 6.07) is 21.7. The van der Waals surface area contributed by atoms with Crippen LogP contribution in [0, 0.1) is 13.8 Å². The molecule has 1 amide bonds. The van der Waals surface area contributed by atoms with Gasteiger partial charge < -0.3 is 4.74 Å². The maximum absolute atomic E-state index is 14.3. The SMILES string of the molecule is CCOc1ccc2ccccc2c1C(=O)N(Cc1ccccn1)c1nc2cc(C)cc(C)c2s1. The molecule has 0 aliphatic carbocycles. The molecule has 2 aromatic heterocycles. The quantitative estimate of drug-likeness (QED) is 0.279. The summed E-state index contributed by atoms with van der Waals surface area (Å²) in [6.45, 7) is 6.85. The van der Waals surface area contributed by atoms with Crippen LogP contribution < -0.4 is 9.64 Å². The zero-order valence-corrected chi connectivity index (χ0v) is 20.2. The van der Waals surface area contributed by atoms with Crippen LogP contribution in [0.2, 0.25) is 0 Å². The van der Waals surface area contributed by atoms with Gasteiger partial charge in [0.05, 0.1) is 34.6 Å². The molecule has 0 aliphatic rings. The Balaban J connectivity index is 1.69. The first-order valence-corrected chi connectivity index (χ1v) is 12.1. The number of nitrogens with zero attached hydrogens (tertiary/aromatic N) is 3. The van der Waals surface area contributed by atoms with E-state index in [1.807, 2.05) is 61.5 Å². The summed E-state index contributed by atoms with van der Waals surface area (Å²) in [6.07, 6.45) is 1.74. The average molecular weight is 468 g/mol. The Morgan fingerprint density at radius 1 is 1.03 bits per heavy atom. The van der Waals surface area contributed by atoms with Gasteiger partial charge in [-0.05, 0) is 66.9 Å². The Labute approximate surface area is 202 Å². The van der Waals surface area contributed by atoms with Gasteiger partial charge in [0, 0.05) is 6.20 Å². The first-order chi connectivity index (χ1) is 16.5. The van der Waals surface area contributed by atoms with Crippen molar-refractivity contribution in [2.24, 2.45) is 0 Å². The third-order valence-corrected chi connectivity index (χ3v) is 6.97. The van der Waals surface area contributed by atoms with Crippen molar-refractivity contribution in [1.29, 1.82) is 0 Å². The van der Waals surface area contributed by atoms with Crippen LogP contribution >= 0.6 is 11.3 Å². The number of rotatable bonds is 6. The fourth-order valence-electron chi connectivity index (χ4n) is 4.24. The Hall–Kier alpha value is -3.77. The highest BCUT2D eigenvalue weighted by Crippen LogP contribution is 2.36. The van der Waals surface area contributed by atoms with Crippen LogP contribution in [0.5, 0.6) is 5.75 Å². The molecule has 170 valence electrons. The van der Waals surface area contributed by atoms with Crippen molar-refractivity contribution in [3.8, 4) is 5.75 Å². The Kier molecular flexibility index (Phi) is 5.99. The molecule has 0 spiro atoms. The summed E-state index contributed by atoms with van der Waals surface area (Å²) in [5.74, 6) is 0.421. The zero-order chi connectivity index (χ0) is 23.7. The highest BCUT2D eigenvalue weighted by atomic mass is 32.1. The van der Waals surface area contributed by atoms with Gasteiger partial charge in [0.25, 0.3) is 5.91 Å². The van der Waals surface area contributed by atoms with E-state index in [2.05, 4.69) is 31.0 Å². The summed E-state index contributed by atoms with van der Waals surface area (Å²) < 4.78 is 7.00. The molecular weight excluding hydrogens is 442 g/mol. The van der Waals surface area contributed by atoms with E-state index < -0.39 is 0 Å². The number of ether oxygens (including phenoxy) is 1. The van der Waals surface area contributed by atoms with Crippen LogP contribution in [0.1, 0.15) is 34.1 Å². The molecule has 0 radical (unpaired) electrons. The molecule has 2 heterocycles. The van der Waals surface area contributed by atoms with E-state index in [4.69, 9.17) is 9.72 Å². The van der Waals surface area contributed by atoms with E-state index in [-0.39, 0.29) is 5.91 Å². The van der Waals surface area contributed by atoms with Gasteiger partial charge in [-0.2, -0.15) is 0 Å². The van der Waals surface area contributed by atoms with Gasteiger partial charge in [0.15, 0.2) is 5.13 Å². The molecule has 34 heavy (non-hydrogen) atoms. The number of carbonyl (C=O) groups excluding carboxylic acids is 1. The average Bonchev–Trinajstić information content (AvgIpc) is 3.27. The van der Waals surface area contributed by atoms with Crippen LogP contribution in [-0.4, -0.2) is 22.5 Å². The van der Waals surface area contributed by atoms with E-state index >= 15 is 0 Å². The van der Waals surface area contributed by atoms with E-state index in [1.165, 1.54) is 11.3 Å². The van der Waals surface area contributed by atoms with Gasteiger partial charge >= 0.3 is 0 Å². The second-order valence-electron chi connectivity index (χ2n) is 8.23. The van der Waals surface area contributed by atoms with Crippen LogP contribution in [0.15, 0.2) is 72.9 Å². The first kappa shape index (κ1) is 22.0. The predicted molar refractivity (Wildman–Crippen MR) is 139 cm³/mol. The van der Waals surface area contributed by atoms with Crippen LogP contribution in [-0.2, 0) is 6.54 Å². The molecule has 0 atom stereocenters. The second kappa shape index (κ2) is 9.23. The standard InChI is InChI=1S/C28H25N3O2S/c1-4-33-24-13-12-20-9-5-6-11-22(20)25(24)27(32)31(17-21-10-7-8-14-29-21)28-30-23-16-18(2)15-19(3)26(23)34-28/h5-16H,4,17H2,1-3H3. The van der Waals surface area contributed by atoms with Crippen molar-refractivity contribution in [2.75, 3.05) is 11.5 Å². The minimum Gasteiger partial charge on any atom is -0.493 e. The minimum absolute atomic E-state index is 0.153. The second-order valence-corrected chi connectivity index (χ2v) is 9.21. The highest BCUT2D eigenvalue weighted by Gasteiger charge is 2.27. The van der Waals surface area contributed by atoms with Gasteiger partial charge in [-0.1, -0.05) is 53.8 Å². The third kappa shape index (κ3) is 4.13. The maximum atomic E-state index is 14.3. The van der Waals surface area contributed by atoms with E-state index in [9.17, 15) is 4.79 Å². The van der Waals surface area contributed by atoms with Crippen molar-refractivity contribution in [1.82, 2.24) is 9.97 Å². The number of anilines is 1. The van der Waals surface area contributed by atoms with Gasteiger partial charge in [-0.3, -0.25) is 14.7 Å². The Morgan fingerprint density at radius 3 is 2.65 bits per heavy atom. The van der Waals surface area contributed by atoms with Crippen molar-refractivity contribution >= 4 is 43.4 Å². The van der Waals surface area contributed by atoms with Gasteiger partial charge in [-0.25, -0.2) is 4.98 Å². The molecular formula is C28H25N3O2S. The lowest BCUT2D eigenvalue weighted by Gasteiger charge is -2.22. The fourth-order valence-corrected chi connectivity index (χ4v) is 5.26. The molecule has 0 saturated carbocycles. The number of fused-ring (bicyclic) bond motifs is 2. The van der Waals surface area contributed by atoms with Crippen LogP contribution in [0.25, 0.3) is 21.0 Å². The van der Waals surface area contributed by atoms with Crippen molar-refractivity contribution in [2.45, 2.75) is 27.3 Å². The van der Waals surface area contributed by atoms with E-state index in [0.717, 1.165) is 37.8 Å². The molecule has 0 fully saturated rings. The normalized spacial score (nSPS) is 11.1. The Morgan fingerprint density at radius 2 is 1.85 bits per heavy atom. The summed E-state index contributed by atoms with van der Waals surface area (Å²) >= 11 is 1.53. The van der Waals surface area contributed by atoms with Crippen molar-refractivity contribution < 1.29 is 9.53 Å². The van der Waals surface area contributed by atoms with Crippen molar-refractivity contribution in [3.63, 3.8) is 0 Å². The van der Waals surface area contributed by atoms with E-state index in [0.29, 0.717) is 29.6 Å². The Bertz CT molecular complexity index is 1490. The van der Waals surface area contributed by atoms with Crippen LogP contribution in [0.4, 0.5) is 5.13 Å².